The van der Waals surface area contributed by atoms with E-state index in [0.29, 0.717) is 61.1 Å². The second-order valence-corrected chi connectivity index (χ2v) is 9.71. The number of fused-ring (bicyclic) bond motifs is 1. The largest absolute Gasteiger partial charge is 0.495 e. The molecule has 4 aliphatic rings. The van der Waals surface area contributed by atoms with E-state index in [-0.39, 0.29) is 16.9 Å². The highest BCUT2D eigenvalue weighted by atomic mass is 19.1. The van der Waals surface area contributed by atoms with E-state index in [0.717, 1.165) is 19.3 Å². The second kappa shape index (κ2) is 8.18. The summed E-state index contributed by atoms with van der Waals surface area (Å²) in [4.78, 5) is 26.6. The van der Waals surface area contributed by atoms with Crippen molar-refractivity contribution in [3.63, 3.8) is 0 Å². The second-order valence-electron chi connectivity index (χ2n) is 9.71. The molecule has 6 nitrogen and oxygen atoms in total. The van der Waals surface area contributed by atoms with Gasteiger partial charge in [-0.3, -0.25) is 9.59 Å². The summed E-state index contributed by atoms with van der Waals surface area (Å²) in [6.07, 6.45) is 5.70. The zero-order chi connectivity index (χ0) is 22.5. The first-order chi connectivity index (χ1) is 15.4. The molecule has 7 heteroatoms. The number of halogens is 1. The van der Waals surface area contributed by atoms with Crippen LogP contribution in [0.3, 0.4) is 0 Å². The van der Waals surface area contributed by atoms with Gasteiger partial charge in [0.05, 0.1) is 30.7 Å². The van der Waals surface area contributed by atoms with Gasteiger partial charge in [0, 0.05) is 19.3 Å². The van der Waals surface area contributed by atoms with Crippen LogP contribution in [-0.4, -0.2) is 42.5 Å². The zero-order valence-electron chi connectivity index (χ0n) is 18.7. The van der Waals surface area contributed by atoms with E-state index < -0.39 is 17.6 Å². The summed E-state index contributed by atoms with van der Waals surface area (Å²) in [5.74, 6) is 1.12. The Kier molecular flexibility index (Phi) is 5.48. The number of nitrogens with zero attached hydrogens (tertiary/aromatic N) is 1. The van der Waals surface area contributed by atoms with Gasteiger partial charge in [-0.05, 0) is 68.9 Å². The van der Waals surface area contributed by atoms with Crippen molar-refractivity contribution in [2.24, 2.45) is 17.8 Å². The molecule has 0 spiro atoms. The van der Waals surface area contributed by atoms with Crippen LogP contribution in [0, 0.1) is 17.8 Å². The number of methoxy groups -OCH3 is 1. The smallest absolute Gasteiger partial charge is 0.257 e. The van der Waals surface area contributed by atoms with E-state index in [4.69, 9.17) is 9.47 Å². The topological polar surface area (TPSA) is 69.6 Å². The van der Waals surface area contributed by atoms with Gasteiger partial charge in [-0.25, -0.2) is 4.39 Å². The first-order valence-corrected chi connectivity index (χ1v) is 11.7. The van der Waals surface area contributed by atoms with E-state index in [9.17, 15) is 9.59 Å². The molecule has 3 atom stereocenters. The molecule has 1 N–H and O–H groups in total. The first kappa shape index (κ1) is 21.4. The molecule has 4 aliphatic carbocycles. The number of rotatable bonds is 7. The van der Waals surface area contributed by atoms with Gasteiger partial charge in [-0.1, -0.05) is 6.07 Å². The number of para-hydroxylation sites is 1. The van der Waals surface area contributed by atoms with Gasteiger partial charge < -0.3 is 19.4 Å². The Morgan fingerprint density at radius 3 is 2.66 bits per heavy atom. The van der Waals surface area contributed by atoms with Crippen LogP contribution in [0.5, 0.6) is 5.75 Å². The van der Waals surface area contributed by atoms with Crippen molar-refractivity contribution in [2.45, 2.75) is 57.3 Å². The molecule has 32 heavy (non-hydrogen) atoms. The van der Waals surface area contributed by atoms with Crippen molar-refractivity contribution in [3.8, 4) is 5.75 Å². The highest BCUT2D eigenvalue weighted by Gasteiger charge is 2.58. The van der Waals surface area contributed by atoms with Gasteiger partial charge >= 0.3 is 0 Å². The van der Waals surface area contributed by atoms with E-state index >= 15 is 4.39 Å². The number of benzene rings is 1. The molecule has 1 amide bonds. The van der Waals surface area contributed by atoms with Gasteiger partial charge in [-0.15, -0.1) is 0 Å². The number of alkyl halides is 1. The summed E-state index contributed by atoms with van der Waals surface area (Å²) in [6.45, 7) is 3.40. The number of hydrogen-bond donors (Lipinski definition) is 1. The van der Waals surface area contributed by atoms with Gasteiger partial charge in [0.25, 0.3) is 5.91 Å². The molecular formula is C25H31FN2O4. The molecule has 1 aromatic heterocycles. The van der Waals surface area contributed by atoms with Gasteiger partial charge in [-0.2, -0.15) is 0 Å². The van der Waals surface area contributed by atoms with Crippen LogP contribution in [0.4, 0.5) is 4.39 Å². The molecule has 0 aliphatic heterocycles. The molecule has 6 rings (SSSR count). The molecule has 0 radical (unpaired) electrons. The summed E-state index contributed by atoms with van der Waals surface area (Å²) in [6, 6.07) is 4.72. The van der Waals surface area contributed by atoms with Crippen molar-refractivity contribution in [1.82, 2.24) is 9.88 Å². The Hall–Kier alpha value is -2.41. The minimum Gasteiger partial charge on any atom is -0.495 e. The van der Waals surface area contributed by atoms with Crippen LogP contribution in [0.15, 0.2) is 29.2 Å². The van der Waals surface area contributed by atoms with Crippen molar-refractivity contribution in [2.75, 3.05) is 20.3 Å². The minimum atomic E-state index is -1.35. The number of carbonyl (C=O) groups is 1. The maximum atomic E-state index is 15.8. The van der Waals surface area contributed by atoms with Crippen molar-refractivity contribution in [3.05, 3.63) is 40.2 Å². The van der Waals surface area contributed by atoms with Crippen LogP contribution in [0.25, 0.3) is 10.9 Å². The predicted octanol–water partition coefficient (Wildman–Crippen LogP) is 3.69. The Balaban J connectivity index is 1.50. The number of carbonyl (C=O) groups excluding carboxylic acids is 1. The molecule has 4 saturated carbocycles. The Labute approximate surface area is 187 Å². The van der Waals surface area contributed by atoms with Crippen molar-refractivity contribution in [1.29, 1.82) is 0 Å². The summed E-state index contributed by atoms with van der Waals surface area (Å²) >= 11 is 0. The van der Waals surface area contributed by atoms with Crippen LogP contribution in [-0.2, 0) is 11.3 Å². The molecule has 4 fully saturated rings. The third kappa shape index (κ3) is 3.51. The zero-order valence-corrected chi connectivity index (χ0v) is 18.7. The fraction of sp³-hybridized carbons (Fsp3) is 0.600. The van der Waals surface area contributed by atoms with Crippen LogP contribution in [0.1, 0.15) is 49.4 Å². The molecule has 4 bridgehead atoms. The number of aromatic nitrogens is 1. The highest BCUT2D eigenvalue weighted by Crippen LogP contribution is 2.57. The van der Waals surface area contributed by atoms with Crippen molar-refractivity contribution < 1.29 is 18.7 Å². The average Bonchev–Trinajstić information content (AvgIpc) is 2.76. The number of nitrogens with one attached hydrogen (secondary N) is 1. The minimum absolute atomic E-state index is 0.0413. The summed E-state index contributed by atoms with van der Waals surface area (Å²) in [7, 11) is 1.56. The normalized spacial score (nSPS) is 30.6. The monoisotopic (exact) mass is 442 g/mol. The molecular weight excluding hydrogens is 411 g/mol. The molecule has 2 aromatic rings. The Bertz CT molecular complexity index is 1080. The summed E-state index contributed by atoms with van der Waals surface area (Å²) in [5, 5.41) is 3.37. The fourth-order valence-corrected chi connectivity index (χ4v) is 6.64. The number of pyridine rings is 1. The average molecular weight is 443 g/mol. The van der Waals surface area contributed by atoms with E-state index in [1.54, 1.807) is 31.5 Å². The lowest BCUT2D eigenvalue weighted by Crippen LogP contribution is -2.64. The first-order valence-electron chi connectivity index (χ1n) is 11.7. The standard InChI is InChI=1S/C25H31FN2O4/c1-3-32-8-7-28-14-19(22(29)18-5-4-6-20(31-2)21(18)28)24(30)27-23-17-10-15-9-16(11-17)13-25(23,26)12-15/h4-6,14-17,23H,3,7-13H2,1-2H3,(H,27,30). The van der Waals surface area contributed by atoms with E-state index in [1.165, 1.54) is 0 Å². The molecule has 1 heterocycles. The van der Waals surface area contributed by atoms with Crippen LogP contribution >= 0.6 is 0 Å². The van der Waals surface area contributed by atoms with E-state index in [1.807, 2.05) is 11.5 Å². The third-order valence-electron chi connectivity index (χ3n) is 7.72. The lowest BCUT2D eigenvalue weighted by molar-refractivity contribution is -0.0987. The Morgan fingerprint density at radius 1 is 1.25 bits per heavy atom. The van der Waals surface area contributed by atoms with Crippen LogP contribution in [0.2, 0.25) is 0 Å². The fourth-order valence-electron chi connectivity index (χ4n) is 6.64. The van der Waals surface area contributed by atoms with Gasteiger partial charge in [0.15, 0.2) is 0 Å². The molecule has 3 unspecified atom stereocenters. The molecule has 1 aromatic carbocycles. The predicted molar refractivity (Wildman–Crippen MR) is 120 cm³/mol. The maximum Gasteiger partial charge on any atom is 0.257 e. The Morgan fingerprint density at radius 2 is 2.00 bits per heavy atom. The van der Waals surface area contributed by atoms with Crippen molar-refractivity contribution >= 4 is 16.8 Å². The SMILES string of the molecule is CCOCCn1cc(C(=O)NC2C3CC4CC(C3)CC2(F)C4)c(=O)c2cccc(OC)c21. The lowest BCUT2D eigenvalue weighted by Gasteiger charge is -2.57. The molecule has 172 valence electrons. The van der Waals surface area contributed by atoms with Gasteiger partial charge in [0.1, 0.15) is 17.0 Å². The number of ether oxygens (including phenoxy) is 2. The summed E-state index contributed by atoms with van der Waals surface area (Å²) < 4.78 is 28.6. The maximum absolute atomic E-state index is 15.8. The van der Waals surface area contributed by atoms with Gasteiger partial charge in [0.2, 0.25) is 5.43 Å². The quantitative estimate of drug-likeness (QED) is 0.664. The number of amides is 1. The van der Waals surface area contributed by atoms with Crippen LogP contribution < -0.4 is 15.5 Å². The third-order valence-corrected chi connectivity index (χ3v) is 7.72. The number of hydrogen-bond acceptors (Lipinski definition) is 4. The lowest BCUT2D eigenvalue weighted by atomic mass is 9.52. The van der Waals surface area contributed by atoms with E-state index in [2.05, 4.69) is 5.32 Å². The molecule has 0 saturated heterocycles. The highest BCUT2D eigenvalue weighted by molar-refractivity contribution is 5.98. The summed E-state index contributed by atoms with van der Waals surface area (Å²) in [5.41, 5.74) is -1.04.